The first-order valence-corrected chi connectivity index (χ1v) is 14.1. The highest BCUT2D eigenvalue weighted by Gasteiger charge is 2.14. The first-order chi connectivity index (χ1) is 19.2. The predicted molar refractivity (Wildman–Crippen MR) is 167 cm³/mol. The molecule has 5 aromatic carbocycles. The number of fused-ring (bicyclic) bond motifs is 3. The van der Waals surface area contributed by atoms with E-state index in [-0.39, 0.29) is 0 Å². The first kappa shape index (κ1) is 23.8. The third-order valence-electron chi connectivity index (χ3n) is 7.38. The molecule has 0 fully saturated rings. The molecule has 0 saturated heterocycles. The lowest BCUT2D eigenvalue weighted by molar-refractivity contribution is 0.572. The zero-order chi connectivity index (χ0) is 26.2. The van der Waals surface area contributed by atoms with Gasteiger partial charge in [0, 0.05) is 32.1 Å². The summed E-state index contributed by atoms with van der Waals surface area (Å²) in [5, 5.41) is 2.43. The minimum Gasteiger partial charge on any atom is -0.456 e. The average Bonchev–Trinajstić information content (AvgIpc) is 3.37. The zero-order valence-corrected chi connectivity index (χ0v) is 22.9. The van der Waals surface area contributed by atoms with Crippen LogP contribution in [0.1, 0.15) is 12.8 Å². The average molecular weight is 569 g/mol. The van der Waals surface area contributed by atoms with Crippen molar-refractivity contribution >= 4 is 56.1 Å². The van der Waals surface area contributed by atoms with Crippen molar-refractivity contribution in [1.29, 1.82) is 0 Å². The van der Waals surface area contributed by atoms with Crippen molar-refractivity contribution in [3.05, 3.63) is 136 Å². The Morgan fingerprint density at radius 1 is 0.538 bits per heavy atom. The molecule has 0 N–H and O–H groups in total. The van der Waals surface area contributed by atoms with E-state index >= 15 is 0 Å². The summed E-state index contributed by atoms with van der Waals surface area (Å²) in [4.78, 5) is 2.29. The van der Waals surface area contributed by atoms with Crippen LogP contribution in [0, 0.1) is 0 Å². The van der Waals surface area contributed by atoms with Crippen molar-refractivity contribution in [3.8, 4) is 22.3 Å². The molecule has 1 aliphatic carbocycles. The quantitative estimate of drug-likeness (QED) is 0.206. The second-order valence-electron chi connectivity index (χ2n) is 9.85. The molecule has 0 atom stereocenters. The van der Waals surface area contributed by atoms with Gasteiger partial charge in [0.1, 0.15) is 11.0 Å². The van der Waals surface area contributed by atoms with Crippen molar-refractivity contribution in [3.63, 3.8) is 0 Å². The molecule has 0 spiro atoms. The van der Waals surface area contributed by atoms with E-state index in [4.69, 9.17) is 4.42 Å². The second-order valence-corrected chi connectivity index (χ2v) is 10.8. The monoisotopic (exact) mass is 567 g/mol. The summed E-state index contributed by atoms with van der Waals surface area (Å²) in [7, 11) is 0. The smallest absolute Gasteiger partial charge is 0.136 e. The van der Waals surface area contributed by atoms with E-state index in [1.807, 2.05) is 6.07 Å². The summed E-state index contributed by atoms with van der Waals surface area (Å²) in [6.07, 6.45) is 6.62. The van der Waals surface area contributed by atoms with E-state index in [9.17, 15) is 0 Å². The van der Waals surface area contributed by atoms with Crippen LogP contribution in [0.5, 0.6) is 0 Å². The molecule has 0 bridgehead atoms. The molecule has 1 heterocycles. The molecule has 2 nitrogen and oxygen atoms in total. The van der Waals surface area contributed by atoms with E-state index in [1.165, 1.54) is 21.7 Å². The van der Waals surface area contributed by atoms with Crippen LogP contribution in [0.15, 0.2) is 130 Å². The fourth-order valence-electron chi connectivity index (χ4n) is 5.39. The SMILES string of the molecule is Brc1ccc(N(c2ccc(-c3ccccc3)cc2)c2ccc(-c3ccc4c5c(oc4c3)=CCCC=5)cc2)cc1. The van der Waals surface area contributed by atoms with Gasteiger partial charge in [0.15, 0.2) is 0 Å². The lowest BCUT2D eigenvalue weighted by atomic mass is 10.0. The molecule has 3 heteroatoms. The van der Waals surface area contributed by atoms with Crippen LogP contribution in [0.2, 0.25) is 0 Å². The minimum atomic E-state index is 0.950. The molecule has 0 aliphatic heterocycles. The van der Waals surface area contributed by atoms with Crippen LogP contribution in [0.25, 0.3) is 45.4 Å². The molecule has 39 heavy (non-hydrogen) atoms. The molecular weight excluding hydrogens is 542 g/mol. The van der Waals surface area contributed by atoms with E-state index in [0.29, 0.717) is 0 Å². The van der Waals surface area contributed by atoms with Crippen molar-refractivity contribution in [2.24, 2.45) is 0 Å². The van der Waals surface area contributed by atoms with E-state index in [2.05, 4.69) is 148 Å². The molecule has 188 valence electrons. The summed E-state index contributed by atoms with van der Waals surface area (Å²) < 4.78 is 7.24. The first-order valence-electron chi connectivity index (χ1n) is 13.3. The molecule has 1 aromatic heterocycles. The molecular formula is C36H26BrNO. The van der Waals surface area contributed by atoms with Crippen LogP contribution < -0.4 is 15.5 Å². The maximum atomic E-state index is 6.18. The highest BCUT2D eigenvalue weighted by Crippen LogP contribution is 2.37. The fraction of sp³-hybridized carbons (Fsp3) is 0.0556. The largest absolute Gasteiger partial charge is 0.456 e. The van der Waals surface area contributed by atoms with Gasteiger partial charge in [-0.25, -0.2) is 0 Å². The minimum absolute atomic E-state index is 0.950. The van der Waals surface area contributed by atoms with Gasteiger partial charge in [-0.05, 0) is 102 Å². The van der Waals surface area contributed by atoms with E-state index < -0.39 is 0 Å². The number of hydrogen-bond donors (Lipinski definition) is 0. The highest BCUT2D eigenvalue weighted by molar-refractivity contribution is 9.10. The Labute approximate surface area is 236 Å². The van der Waals surface area contributed by atoms with Gasteiger partial charge in [0.25, 0.3) is 0 Å². The van der Waals surface area contributed by atoms with Crippen molar-refractivity contribution in [1.82, 2.24) is 0 Å². The summed E-state index contributed by atoms with van der Waals surface area (Å²) >= 11 is 3.58. The summed E-state index contributed by atoms with van der Waals surface area (Å²) in [6, 6.07) is 43.1. The molecule has 1 aliphatic rings. The molecule has 0 radical (unpaired) electrons. The molecule has 0 amide bonds. The number of halogens is 1. The Hall–Kier alpha value is -4.34. The van der Waals surface area contributed by atoms with Crippen molar-refractivity contribution in [2.45, 2.75) is 12.8 Å². The lowest BCUT2D eigenvalue weighted by Gasteiger charge is -2.26. The van der Waals surface area contributed by atoms with Gasteiger partial charge in [-0.15, -0.1) is 0 Å². The van der Waals surface area contributed by atoms with Gasteiger partial charge >= 0.3 is 0 Å². The maximum absolute atomic E-state index is 6.18. The molecule has 0 unspecified atom stereocenters. The molecule has 6 aromatic rings. The van der Waals surface area contributed by atoms with E-state index in [0.717, 1.165) is 56.5 Å². The number of hydrogen-bond acceptors (Lipinski definition) is 2. The van der Waals surface area contributed by atoms with Gasteiger partial charge < -0.3 is 9.32 Å². The molecule has 0 saturated carbocycles. The van der Waals surface area contributed by atoms with Crippen molar-refractivity contribution in [2.75, 3.05) is 4.90 Å². The lowest BCUT2D eigenvalue weighted by Crippen LogP contribution is -2.21. The number of rotatable bonds is 5. The third-order valence-corrected chi connectivity index (χ3v) is 7.91. The Morgan fingerprint density at radius 3 is 1.74 bits per heavy atom. The second kappa shape index (κ2) is 10.1. The topological polar surface area (TPSA) is 16.4 Å². The van der Waals surface area contributed by atoms with Gasteiger partial charge in [-0.3, -0.25) is 0 Å². The van der Waals surface area contributed by atoms with Gasteiger partial charge in [-0.2, -0.15) is 0 Å². The predicted octanol–water partition coefficient (Wildman–Crippen LogP) is 9.35. The normalized spacial score (nSPS) is 12.4. The summed E-state index contributed by atoms with van der Waals surface area (Å²) in [6.45, 7) is 0. The summed E-state index contributed by atoms with van der Waals surface area (Å²) in [5.74, 6) is 0. The standard InChI is InChI=1S/C36H26BrNO/c37-29-15-21-32(22-16-29)38(30-17-10-26(11-18-30)25-6-2-1-3-7-25)31-19-12-27(13-20-31)28-14-23-34-33-8-4-5-9-35(33)39-36(34)24-28/h1-3,6-24H,4-5H2. The van der Waals surface area contributed by atoms with Crippen molar-refractivity contribution < 1.29 is 4.42 Å². The Kier molecular flexibility index (Phi) is 6.14. The van der Waals surface area contributed by atoms with Crippen LogP contribution in [-0.2, 0) is 0 Å². The zero-order valence-electron chi connectivity index (χ0n) is 21.3. The summed E-state index contributed by atoms with van der Waals surface area (Å²) in [5.41, 5.74) is 10.0. The number of furan rings is 1. The van der Waals surface area contributed by atoms with E-state index in [1.54, 1.807) is 0 Å². The Morgan fingerprint density at radius 2 is 1.08 bits per heavy atom. The number of nitrogens with zero attached hydrogens (tertiary/aromatic N) is 1. The van der Waals surface area contributed by atoms with Crippen LogP contribution in [0.3, 0.4) is 0 Å². The Bertz CT molecular complexity index is 1890. The third kappa shape index (κ3) is 4.60. The van der Waals surface area contributed by atoms with Gasteiger partial charge in [0.2, 0.25) is 0 Å². The fourth-order valence-corrected chi connectivity index (χ4v) is 5.66. The van der Waals surface area contributed by atoms with Crippen LogP contribution in [-0.4, -0.2) is 0 Å². The van der Waals surface area contributed by atoms with Gasteiger partial charge in [-0.1, -0.05) is 82.7 Å². The molecule has 7 rings (SSSR count). The van der Waals surface area contributed by atoms with Crippen LogP contribution in [0.4, 0.5) is 17.1 Å². The Balaban J connectivity index is 1.25. The number of anilines is 3. The highest BCUT2D eigenvalue weighted by atomic mass is 79.9. The van der Waals surface area contributed by atoms with Crippen LogP contribution >= 0.6 is 15.9 Å². The maximum Gasteiger partial charge on any atom is 0.136 e. The van der Waals surface area contributed by atoms with Gasteiger partial charge in [0.05, 0.1) is 0 Å². The number of benzene rings is 5.